The summed E-state index contributed by atoms with van der Waals surface area (Å²) in [5.74, 6) is 2.15. The first-order valence-electron chi connectivity index (χ1n) is 8.10. The van der Waals surface area contributed by atoms with E-state index in [4.69, 9.17) is 0 Å². The molecule has 3 rings (SSSR count). The number of nitrogens with zero attached hydrogens (tertiary/aromatic N) is 1. The fourth-order valence-electron chi connectivity index (χ4n) is 3.44. The zero-order valence-corrected chi connectivity index (χ0v) is 13.6. The predicted octanol–water partition coefficient (Wildman–Crippen LogP) is 2.77. The highest BCUT2D eigenvalue weighted by Gasteiger charge is 2.31. The lowest BCUT2D eigenvalue weighted by Crippen LogP contribution is -2.32. The number of fused-ring (bicyclic) bond motifs is 1. The van der Waals surface area contributed by atoms with Gasteiger partial charge in [0.25, 0.3) is 0 Å². The number of rotatable bonds is 4. The van der Waals surface area contributed by atoms with Crippen LogP contribution in [0, 0.1) is 17.7 Å². The molecule has 22 heavy (non-hydrogen) atoms. The summed E-state index contributed by atoms with van der Waals surface area (Å²) in [7, 11) is 0. The molecule has 1 N–H and O–H groups in total. The van der Waals surface area contributed by atoms with Crippen molar-refractivity contribution in [2.45, 2.75) is 24.2 Å². The zero-order valence-electron chi connectivity index (χ0n) is 12.8. The Balaban J connectivity index is 1.45. The van der Waals surface area contributed by atoms with Crippen LogP contribution in [-0.2, 0) is 4.79 Å². The summed E-state index contributed by atoms with van der Waals surface area (Å²) in [5, 5.41) is 3.45. The molecule has 0 unspecified atom stereocenters. The van der Waals surface area contributed by atoms with Crippen LogP contribution >= 0.6 is 11.8 Å². The maximum absolute atomic E-state index is 13.5. The van der Waals surface area contributed by atoms with Crippen LogP contribution in [0.4, 0.5) is 4.39 Å². The normalized spacial score (nSPS) is 24.9. The second-order valence-corrected chi connectivity index (χ2v) is 7.30. The molecule has 2 aliphatic heterocycles. The summed E-state index contributed by atoms with van der Waals surface area (Å²) >= 11 is 1.43. The molecule has 0 aliphatic carbocycles. The highest BCUT2D eigenvalue weighted by molar-refractivity contribution is 7.99. The van der Waals surface area contributed by atoms with Gasteiger partial charge in [0.05, 0.1) is 0 Å². The van der Waals surface area contributed by atoms with Crippen LogP contribution in [0.25, 0.3) is 0 Å². The van der Waals surface area contributed by atoms with Crippen LogP contribution in [0.3, 0.4) is 0 Å². The van der Waals surface area contributed by atoms with E-state index in [0.29, 0.717) is 17.1 Å². The highest BCUT2D eigenvalue weighted by Crippen LogP contribution is 2.28. The molecule has 120 valence electrons. The van der Waals surface area contributed by atoms with Gasteiger partial charge in [-0.15, -0.1) is 11.8 Å². The molecular formula is C17H23FN2OS. The van der Waals surface area contributed by atoms with E-state index in [9.17, 15) is 9.18 Å². The number of hydrogen-bond acceptors (Lipinski definition) is 3. The summed E-state index contributed by atoms with van der Waals surface area (Å²) < 4.78 is 13.5. The largest absolute Gasteiger partial charge is 0.343 e. The molecule has 1 aromatic carbocycles. The van der Waals surface area contributed by atoms with E-state index in [2.05, 4.69) is 5.32 Å². The molecule has 3 nitrogen and oxygen atoms in total. The molecule has 1 amide bonds. The molecule has 2 fully saturated rings. The third kappa shape index (κ3) is 3.82. The average molecular weight is 322 g/mol. The Morgan fingerprint density at radius 2 is 1.91 bits per heavy atom. The summed E-state index contributed by atoms with van der Waals surface area (Å²) in [4.78, 5) is 15.0. The minimum atomic E-state index is -0.199. The van der Waals surface area contributed by atoms with Crippen LogP contribution in [-0.4, -0.2) is 42.7 Å². The molecule has 2 aliphatic rings. The quantitative estimate of drug-likeness (QED) is 0.865. The number of thioether (sulfide) groups is 1. The van der Waals surface area contributed by atoms with Gasteiger partial charge in [0, 0.05) is 30.2 Å². The number of nitrogens with one attached hydrogen (secondary N) is 1. The van der Waals surface area contributed by atoms with Crippen molar-refractivity contribution in [2.24, 2.45) is 11.8 Å². The molecule has 0 radical (unpaired) electrons. The second kappa shape index (κ2) is 7.47. The Morgan fingerprint density at radius 3 is 2.59 bits per heavy atom. The van der Waals surface area contributed by atoms with Crippen molar-refractivity contribution in [1.29, 1.82) is 0 Å². The van der Waals surface area contributed by atoms with Crippen molar-refractivity contribution < 1.29 is 9.18 Å². The molecule has 0 aromatic heterocycles. The number of likely N-dealkylation sites (tertiary alicyclic amines) is 1. The van der Waals surface area contributed by atoms with Crippen molar-refractivity contribution in [3.8, 4) is 0 Å². The minimum absolute atomic E-state index is 0.199. The van der Waals surface area contributed by atoms with Crippen LogP contribution < -0.4 is 5.32 Å². The van der Waals surface area contributed by atoms with Gasteiger partial charge in [0.15, 0.2) is 0 Å². The van der Waals surface area contributed by atoms with E-state index >= 15 is 0 Å². The number of amides is 1. The van der Waals surface area contributed by atoms with E-state index in [-0.39, 0.29) is 11.7 Å². The molecule has 2 saturated heterocycles. The lowest BCUT2D eigenvalue weighted by Gasteiger charge is -2.20. The maximum atomic E-state index is 13.5. The van der Waals surface area contributed by atoms with E-state index in [0.717, 1.165) is 50.9 Å². The molecule has 1 aromatic rings. The number of hydrogen-bond donors (Lipinski definition) is 1. The summed E-state index contributed by atoms with van der Waals surface area (Å²) in [6.45, 7) is 3.98. The van der Waals surface area contributed by atoms with Crippen LogP contribution in [0.2, 0.25) is 0 Å². The topological polar surface area (TPSA) is 32.3 Å². The lowest BCUT2D eigenvalue weighted by molar-refractivity contribution is -0.130. The third-order valence-electron chi connectivity index (χ3n) is 4.78. The van der Waals surface area contributed by atoms with E-state index in [1.54, 1.807) is 12.1 Å². The van der Waals surface area contributed by atoms with Crippen LogP contribution in [0.15, 0.2) is 29.2 Å². The fraction of sp³-hybridized carbons (Fsp3) is 0.588. The van der Waals surface area contributed by atoms with Gasteiger partial charge < -0.3 is 10.2 Å². The van der Waals surface area contributed by atoms with Crippen molar-refractivity contribution in [1.82, 2.24) is 10.2 Å². The molecular weight excluding hydrogens is 299 g/mol. The SMILES string of the molecule is O=C(CCSc1ccccc1F)N1CC[C@@H]2CNC[C@@H]2CC1. The zero-order chi connectivity index (χ0) is 15.4. The van der Waals surface area contributed by atoms with Crippen LogP contribution in [0.5, 0.6) is 0 Å². The minimum Gasteiger partial charge on any atom is -0.343 e. The Kier molecular flexibility index (Phi) is 5.37. The summed E-state index contributed by atoms with van der Waals surface area (Å²) in [6.07, 6.45) is 2.72. The number of carbonyl (C=O) groups excluding carboxylic acids is 1. The van der Waals surface area contributed by atoms with Crippen molar-refractivity contribution in [3.63, 3.8) is 0 Å². The maximum Gasteiger partial charge on any atom is 0.223 e. The monoisotopic (exact) mass is 322 g/mol. The molecule has 2 atom stereocenters. The third-order valence-corrected chi connectivity index (χ3v) is 5.83. The van der Waals surface area contributed by atoms with Gasteiger partial charge in [-0.2, -0.15) is 0 Å². The standard InChI is InChI=1S/C17H23FN2OS/c18-15-3-1-2-4-16(15)22-10-7-17(21)20-8-5-13-11-19-12-14(13)6-9-20/h1-4,13-14,19H,5-12H2/t13-,14+. The first-order chi connectivity index (χ1) is 10.7. The van der Waals surface area contributed by atoms with E-state index in [1.165, 1.54) is 17.8 Å². The van der Waals surface area contributed by atoms with E-state index in [1.807, 2.05) is 11.0 Å². The van der Waals surface area contributed by atoms with Crippen molar-refractivity contribution in [3.05, 3.63) is 30.1 Å². The second-order valence-electron chi connectivity index (χ2n) is 6.17. The first kappa shape index (κ1) is 15.8. The lowest BCUT2D eigenvalue weighted by atomic mass is 9.92. The number of halogens is 1. The highest BCUT2D eigenvalue weighted by atomic mass is 32.2. The van der Waals surface area contributed by atoms with Gasteiger partial charge in [0.1, 0.15) is 5.82 Å². The van der Waals surface area contributed by atoms with Gasteiger partial charge in [-0.3, -0.25) is 4.79 Å². The van der Waals surface area contributed by atoms with Gasteiger partial charge in [-0.25, -0.2) is 4.39 Å². The Hall–Kier alpha value is -1.07. The van der Waals surface area contributed by atoms with Gasteiger partial charge >= 0.3 is 0 Å². The average Bonchev–Trinajstić information content (AvgIpc) is 2.87. The molecule has 2 heterocycles. The Labute approximate surface area is 135 Å². The Morgan fingerprint density at radius 1 is 1.23 bits per heavy atom. The number of benzene rings is 1. The number of carbonyl (C=O) groups is 1. The first-order valence-corrected chi connectivity index (χ1v) is 9.08. The van der Waals surface area contributed by atoms with Crippen molar-refractivity contribution >= 4 is 17.7 Å². The molecule has 0 bridgehead atoms. The van der Waals surface area contributed by atoms with Crippen LogP contribution in [0.1, 0.15) is 19.3 Å². The van der Waals surface area contributed by atoms with E-state index < -0.39 is 0 Å². The molecule has 0 saturated carbocycles. The van der Waals surface area contributed by atoms with Gasteiger partial charge in [-0.05, 0) is 49.9 Å². The van der Waals surface area contributed by atoms with Gasteiger partial charge in [0.2, 0.25) is 5.91 Å². The summed E-state index contributed by atoms with van der Waals surface area (Å²) in [6, 6.07) is 6.75. The smallest absolute Gasteiger partial charge is 0.223 e. The van der Waals surface area contributed by atoms with Crippen molar-refractivity contribution in [2.75, 3.05) is 31.9 Å². The fourth-order valence-corrected chi connectivity index (χ4v) is 4.31. The predicted molar refractivity (Wildman–Crippen MR) is 87.4 cm³/mol. The molecule has 0 spiro atoms. The Bertz CT molecular complexity index is 511. The summed E-state index contributed by atoms with van der Waals surface area (Å²) in [5.41, 5.74) is 0. The molecule has 5 heteroatoms. The van der Waals surface area contributed by atoms with Gasteiger partial charge in [-0.1, -0.05) is 12.1 Å².